The van der Waals surface area contributed by atoms with Gasteiger partial charge in [-0.25, -0.2) is 0 Å². The lowest BCUT2D eigenvalue weighted by Crippen LogP contribution is -2.04. The van der Waals surface area contributed by atoms with Crippen molar-refractivity contribution in [3.8, 4) is 5.75 Å². The van der Waals surface area contributed by atoms with E-state index in [0.717, 1.165) is 17.4 Å². The Labute approximate surface area is 135 Å². The molecule has 0 N–H and O–H groups in total. The highest BCUT2D eigenvalue weighted by Gasteiger charge is 2.21. The lowest BCUT2D eigenvalue weighted by Gasteiger charge is -2.17. The molecule has 1 aliphatic rings. The van der Waals surface area contributed by atoms with Crippen molar-refractivity contribution in [1.29, 1.82) is 0 Å². The van der Waals surface area contributed by atoms with Gasteiger partial charge in [-0.3, -0.25) is 0 Å². The van der Waals surface area contributed by atoms with Gasteiger partial charge in [-0.05, 0) is 31.9 Å². The molecule has 1 fully saturated rings. The summed E-state index contributed by atoms with van der Waals surface area (Å²) in [7, 11) is 0. The summed E-state index contributed by atoms with van der Waals surface area (Å²) in [5.74, 6) is 3.00. The zero-order valence-electron chi connectivity index (χ0n) is 13.0. The summed E-state index contributed by atoms with van der Waals surface area (Å²) in [5, 5.41) is 9.01. The Morgan fingerprint density at radius 2 is 1.91 bits per heavy atom. The monoisotopic (exact) mass is 318 g/mol. The molecule has 1 aromatic heterocycles. The second-order valence-electron chi connectivity index (χ2n) is 5.75. The first-order valence-corrected chi connectivity index (χ1v) is 8.95. The third kappa shape index (κ3) is 4.26. The van der Waals surface area contributed by atoms with Crippen LogP contribution in [0.3, 0.4) is 0 Å². The van der Waals surface area contributed by atoms with E-state index in [1.165, 1.54) is 37.7 Å². The van der Waals surface area contributed by atoms with Gasteiger partial charge < -0.3 is 9.15 Å². The SMILES string of the molecule is Cc1ccc(OCCSc2nnc(C3CCCCC3)o2)cc1. The zero-order valence-corrected chi connectivity index (χ0v) is 13.8. The minimum absolute atomic E-state index is 0.472. The Balaban J connectivity index is 1.42. The van der Waals surface area contributed by atoms with Gasteiger partial charge >= 0.3 is 0 Å². The topological polar surface area (TPSA) is 48.2 Å². The van der Waals surface area contributed by atoms with Crippen LogP contribution in [0.15, 0.2) is 33.9 Å². The molecule has 2 aromatic rings. The van der Waals surface area contributed by atoms with Crippen LogP contribution in [0.1, 0.15) is 49.5 Å². The maximum absolute atomic E-state index is 5.78. The number of rotatable bonds is 6. The molecule has 0 radical (unpaired) electrons. The van der Waals surface area contributed by atoms with E-state index in [-0.39, 0.29) is 0 Å². The third-order valence-corrected chi connectivity index (χ3v) is 4.76. The van der Waals surface area contributed by atoms with Gasteiger partial charge in [-0.15, -0.1) is 10.2 Å². The maximum atomic E-state index is 5.78. The molecule has 0 atom stereocenters. The second-order valence-corrected chi connectivity index (χ2v) is 6.80. The molecule has 0 saturated heterocycles. The summed E-state index contributed by atoms with van der Waals surface area (Å²) in [6.07, 6.45) is 6.26. The molecule has 1 aliphatic carbocycles. The smallest absolute Gasteiger partial charge is 0.276 e. The molecule has 0 unspecified atom stereocenters. The van der Waals surface area contributed by atoms with E-state index >= 15 is 0 Å². The summed E-state index contributed by atoms with van der Waals surface area (Å²) in [6, 6.07) is 8.09. The number of hydrogen-bond donors (Lipinski definition) is 0. The van der Waals surface area contributed by atoms with Crippen LogP contribution in [0.25, 0.3) is 0 Å². The Morgan fingerprint density at radius 1 is 1.14 bits per heavy atom. The van der Waals surface area contributed by atoms with Crippen LogP contribution in [0.2, 0.25) is 0 Å². The van der Waals surface area contributed by atoms with Crippen molar-refractivity contribution in [1.82, 2.24) is 10.2 Å². The fraction of sp³-hybridized carbons (Fsp3) is 0.529. The summed E-state index contributed by atoms with van der Waals surface area (Å²) < 4.78 is 11.5. The summed E-state index contributed by atoms with van der Waals surface area (Å²) in [5.41, 5.74) is 1.24. The molecule has 0 bridgehead atoms. The molecule has 1 saturated carbocycles. The highest BCUT2D eigenvalue weighted by molar-refractivity contribution is 7.99. The average Bonchev–Trinajstić information content (AvgIpc) is 3.03. The first-order valence-electron chi connectivity index (χ1n) is 7.97. The van der Waals surface area contributed by atoms with Gasteiger partial charge in [-0.2, -0.15) is 0 Å². The average molecular weight is 318 g/mol. The van der Waals surface area contributed by atoms with Gasteiger partial charge in [0, 0.05) is 11.7 Å². The summed E-state index contributed by atoms with van der Waals surface area (Å²) in [6.45, 7) is 2.70. The summed E-state index contributed by atoms with van der Waals surface area (Å²) in [4.78, 5) is 0. The van der Waals surface area contributed by atoms with Crippen LogP contribution < -0.4 is 4.74 Å². The standard InChI is InChI=1S/C17H22N2O2S/c1-13-7-9-15(10-8-13)20-11-12-22-17-19-18-16(21-17)14-5-3-2-4-6-14/h7-10,14H,2-6,11-12H2,1H3. The fourth-order valence-electron chi connectivity index (χ4n) is 2.72. The molecule has 0 amide bonds. The molecule has 0 aliphatic heterocycles. The van der Waals surface area contributed by atoms with Crippen molar-refractivity contribution in [2.45, 2.75) is 50.2 Å². The van der Waals surface area contributed by atoms with E-state index in [4.69, 9.17) is 9.15 Å². The van der Waals surface area contributed by atoms with Crippen molar-refractivity contribution >= 4 is 11.8 Å². The zero-order chi connectivity index (χ0) is 15.2. The highest BCUT2D eigenvalue weighted by atomic mass is 32.2. The van der Waals surface area contributed by atoms with Crippen LogP contribution in [0.5, 0.6) is 5.75 Å². The quantitative estimate of drug-likeness (QED) is 0.575. The molecular weight excluding hydrogens is 296 g/mol. The minimum Gasteiger partial charge on any atom is -0.493 e. The first kappa shape index (κ1) is 15.4. The summed E-state index contributed by atoms with van der Waals surface area (Å²) >= 11 is 1.56. The van der Waals surface area contributed by atoms with Crippen molar-refractivity contribution < 1.29 is 9.15 Å². The van der Waals surface area contributed by atoms with Crippen molar-refractivity contribution in [2.75, 3.05) is 12.4 Å². The van der Waals surface area contributed by atoms with Crippen molar-refractivity contribution in [3.05, 3.63) is 35.7 Å². The number of ether oxygens (including phenoxy) is 1. The molecule has 5 heteroatoms. The molecule has 0 spiro atoms. The molecular formula is C17H22N2O2S. The molecule has 1 aromatic carbocycles. The minimum atomic E-state index is 0.472. The van der Waals surface area contributed by atoms with Gasteiger partial charge in [0.15, 0.2) is 0 Å². The fourth-order valence-corrected chi connectivity index (χ4v) is 3.30. The number of benzene rings is 1. The van der Waals surface area contributed by atoms with Crippen molar-refractivity contribution in [3.63, 3.8) is 0 Å². The van der Waals surface area contributed by atoms with Crippen LogP contribution >= 0.6 is 11.8 Å². The number of aryl methyl sites for hydroxylation is 1. The van der Waals surface area contributed by atoms with E-state index < -0.39 is 0 Å². The van der Waals surface area contributed by atoms with E-state index in [9.17, 15) is 0 Å². The molecule has 1 heterocycles. The van der Waals surface area contributed by atoms with Crippen LogP contribution in [-0.4, -0.2) is 22.6 Å². The van der Waals surface area contributed by atoms with Crippen LogP contribution in [-0.2, 0) is 0 Å². The highest BCUT2D eigenvalue weighted by Crippen LogP contribution is 2.32. The lowest BCUT2D eigenvalue weighted by molar-refractivity contribution is 0.331. The molecule has 118 valence electrons. The van der Waals surface area contributed by atoms with Gasteiger partial charge in [0.1, 0.15) is 5.75 Å². The van der Waals surface area contributed by atoms with E-state index in [1.807, 2.05) is 12.1 Å². The lowest BCUT2D eigenvalue weighted by atomic mass is 9.89. The van der Waals surface area contributed by atoms with Gasteiger partial charge in [-0.1, -0.05) is 48.7 Å². The Hall–Kier alpha value is -1.49. The van der Waals surface area contributed by atoms with E-state index in [0.29, 0.717) is 17.7 Å². The Kier molecular flexibility index (Phi) is 5.38. The maximum Gasteiger partial charge on any atom is 0.276 e. The number of nitrogens with zero attached hydrogens (tertiary/aromatic N) is 2. The normalized spacial score (nSPS) is 15.9. The van der Waals surface area contributed by atoms with E-state index in [1.54, 1.807) is 11.8 Å². The van der Waals surface area contributed by atoms with Crippen LogP contribution in [0.4, 0.5) is 0 Å². The number of thioether (sulfide) groups is 1. The van der Waals surface area contributed by atoms with Crippen molar-refractivity contribution in [2.24, 2.45) is 0 Å². The number of hydrogen-bond acceptors (Lipinski definition) is 5. The molecule has 4 nitrogen and oxygen atoms in total. The van der Waals surface area contributed by atoms with Gasteiger partial charge in [0.25, 0.3) is 5.22 Å². The second kappa shape index (κ2) is 7.68. The van der Waals surface area contributed by atoms with E-state index in [2.05, 4.69) is 29.3 Å². The Bertz CT molecular complexity index is 577. The molecule has 22 heavy (non-hydrogen) atoms. The third-order valence-electron chi connectivity index (χ3n) is 3.98. The number of aromatic nitrogens is 2. The predicted molar refractivity (Wildman–Crippen MR) is 87.5 cm³/mol. The molecule has 3 rings (SSSR count). The first-order chi connectivity index (χ1) is 10.8. The van der Waals surface area contributed by atoms with Gasteiger partial charge in [0.05, 0.1) is 6.61 Å². The van der Waals surface area contributed by atoms with Crippen LogP contribution in [0, 0.1) is 6.92 Å². The predicted octanol–water partition coefficient (Wildman–Crippen LogP) is 4.60. The van der Waals surface area contributed by atoms with Gasteiger partial charge in [0.2, 0.25) is 5.89 Å². The Morgan fingerprint density at radius 3 is 2.68 bits per heavy atom. The largest absolute Gasteiger partial charge is 0.493 e.